The van der Waals surface area contributed by atoms with Crippen LogP contribution in [-0.2, 0) is 0 Å². The standard InChI is InChI=1S/C14H16N2O/c1-2-3-9-17-13-10-15-14(16-11-13)12-7-5-4-6-8-12/h4-8,10-11H,2-3,9H2,1H3. The average molecular weight is 228 g/mol. The molecule has 0 unspecified atom stereocenters. The van der Waals surface area contributed by atoms with E-state index in [-0.39, 0.29) is 0 Å². The Balaban J connectivity index is 2.03. The summed E-state index contributed by atoms with van der Waals surface area (Å²) in [6, 6.07) is 9.92. The van der Waals surface area contributed by atoms with Gasteiger partial charge in [-0.25, -0.2) is 9.97 Å². The maximum absolute atomic E-state index is 5.51. The molecular formula is C14H16N2O. The van der Waals surface area contributed by atoms with Crippen LogP contribution in [-0.4, -0.2) is 16.6 Å². The Bertz CT molecular complexity index is 440. The first kappa shape index (κ1) is 11.6. The summed E-state index contributed by atoms with van der Waals surface area (Å²) in [6.45, 7) is 2.86. The fourth-order valence-corrected chi connectivity index (χ4v) is 1.46. The number of rotatable bonds is 5. The number of hydrogen-bond donors (Lipinski definition) is 0. The zero-order valence-corrected chi connectivity index (χ0v) is 9.97. The van der Waals surface area contributed by atoms with Gasteiger partial charge in [-0.15, -0.1) is 0 Å². The number of benzene rings is 1. The van der Waals surface area contributed by atoms with Crippen LogP contribution in [0.2, 0.25) is 0 Å². The van der Waals surface area contributed by atoms with Gasteiger partial charge in [0.05, 0.1) is 19.0 Å². The Morgan fingerprint density at radius 2 is 1.76 bits per heavy atom. The van der Waals surface area contributed by atoms with Gasteiger partial charge >= 0.3 is 0 Å². The van der Waals surface area contributed by atoms with Crippen molar-refractivity contribution in [1.29, 1.82) is 0 Å². The van der Waals surface area contributed by atoms with E-state index < -0.39 is 0 Å². The highest BCUT2D eigenvalue weighted by atomic mass is 16.5. The van der Waals surface area contributed by atoms with Gasteiger partial charge in [0.25, 0.3) is 0 Å². The average Bonchev–Trinajstić information content (AvgIpc) is 2.41. The molecule has 0 aliphatic rings. The van der Waals surface area contributed by atoms with Crippen LogP contribution in [0.3, 0.4) is 0 Å². The molecule has 2 aromatic rings. The second-order valence-corrected chi connectivity index (χ2v) is 3.81. The molecule has 88 valence electrons. The molecule has 3 heteroatoms. The first-order valence-corrected chi connectivity index (χ1v) is 5.90. The zero-order chi connectivity index (χ0) is 11.9. The first-order valence-electron chi connectivity index (χ1n) is 5.90. The van der Waals surface area contributed by atoms with Crippen molar-refractivity contribution >= 4 is 0 Å². The topological polar surface area (TPSA) is 35.0 Å². The molecule has 17 heavy (non-hydrogen) atoms. The number of nitrogens with zero attached hydrogens (tertiary/aromatic N) is 2. The number of aromatic nitrogens is 2. The van der Waals surface area contributed by atoms with Crippen LogP contribution in [0.1, 0.15) is 19.8 Å². The van der Waals surface area contributed by atoms with E-state index in [1.54, 1.807) is 12.4 Å². The molecule has 0 aliphatic carbocycles. The lowest BCUT2D eigenvalue weighted by Crippen LogP contribution is -1.98. The van der Waals surface area contributed by atoms with Crippen LogP contribution in [0.15, 0.2) is 42.7 Å². The molecule has 0 radical (unpaired) electrons. The number of unbranched alkanes of at least 4 members (excludes halogenated alkanes) is 1. The van der Waals surface area contributed by atoms with Crippen molar-refractivity contribution in [1.82, 2.24) is 9.97 Å². The molecule has 2 rings (SSSR count). The summed E-state index contributed by atoms with van der Waals surface area (Å²) < 4.78 is 5.51. The summed E-state index contributed by atoms with van der Waals surface area (Å²) in [5.74, 6) is 1.46. The second kappa shape index (κ2) is 5.99. The van der Waals surface area contributed by atoms with E-state index in [4.69, 9.17) is 4.74 Å². The quantitative estimate of drug-likeness (QED) is 0.736. The minimum Gasteiger partial charge on any atom is -0.490 e. The monoisotopic (exact) mass is 228 g/mol. The lowest BCUT2D eigenvalue weighted by atomic mass is 10.2. The summed E-state index contributed by atoms with van der Waals surface area (Å²) in [5.41, 5.74) is 1.02. The molecule has 1 aromatic carbocycles. The number of ether oxygens (including phenoxy) is 1. The molecular weight excluding hydrogens is 212 g/mol. The van der Waals surface area contributed by atoms with Gasteiger partial charge in [-0.2, -0.15) is 0 Å². The van der Waals surface area contributed by atoms with Crippen LogP contribution in [0.5, 0.6) is 5.75 Å². The van der Waals surface area contributed by atoms with E-state index >= 15 is 0 Å². The van der Waals surface area contributed by atoms with Crippen LogP contribution < -0.4 is 4.74 Å². The predicted molar refractivity (Wildman–Crippen MR) is 67.9 cm³/mol. The van der Waals surface area contributed by atoms with Crippen molar-refractivity contribution in [2.24, 2.45) is 0 Å². The molecule has 0 saturated heterocycles. The highest BCUT2D eigenvalue weighted by molar-refractivity contribution is 5.54. The van der Waals surface area contributed by atoms with E-state index in [9.17, 15) is 0 Å². The molecule has 1 heterocycles. The van der Waals surface area contributed by atoms with Crippen molar-refractivity contribution in [3.63, 3.8) is 0 Å². The molecule has 0 fully saturated rings. The third-order valence-corrected chi connectivity index (χ3v) is 2.43. The summed E-state index contributed by atoms with van der Waals surface area (Å²) in [5, 5.41) is 0. The lowest BCUT2D eigenvalue weighted by Gasteiger charge is -2.05. The minimum absolute atomic E-state index is 0.727. The second-order valence-electron chi connectivity index (χ2n) is 3.81. The summed E-state index contributed by atoms with van der Waals surface area (Å²) in [6.07, 6.45) is 5.64. The van der Waals surface area contributed by atoms with Gasteiger partial charge < -0.3 is 4.74 Å². The fraction of sp³-hybridized carbons (Fsp3) is 0.286. The van der Waals surface area contributed by atoms with Crippen molar-refractivity contribution in [2.45, 2.75) is 19.8 Å². The van der Waals surface area contributed by atoms with E-state index in [2.05, 4.69) is 16.9 Å². The van der Waals surface area contributed by atoms with Gasteiger partial charge in [0.15, 0.2) is 11.6 Å². The highest BCUT2D eigenvalue weighted by Crippen LogP contribution is 2.15. The lowest BCUT2D eigenvalue weighted by molar-refractivity contribution is 0.307. The molecule has 0 spiro atoms. The molecule has 0 atom stereocenters. The smallest absolute Gasteiger partial charge is 0.159 e. The van der Waals surface area contributed by atoms with Crippen molar-refractivity contribution < 1.29 is 4.74 Å². The van der Waals surface area contributed by atoms with Gasteiger partial charge in [-0.1, -0.05) is 43.7 Å². The van der Waals surface area contributed by atoms with Crippen LogP contribution >= 0.6 is 0 Å². The van der Waals surface area contributed by atoms with E-state index in [0.29, 0.717) is 0 Å². The molecule has 0 saturated carbocycles. The predicted octanol–water partition coefficient (Wildman–Crippen LogP) is 3.32. The maximum atomic E-state index is 5.51. The van der Waals surface area contributed by atoms with Crippen molar-refractivity contribution in [2.75, 3.05) is 6.61 Å². The third kappa shape index (κ3) is 3.28. The van der Waals surface area contributed by atoms with Gasteiger partial charge in [0, 0.05) is 5.56 Å². The molecule has 0 N–H and O–H groups in total. The molecule has 3 nitrogen and oxygen atoms in total. The molecule has 0 aliphatic heterocycles. The number of hydrogen-bond acceptors (Lipinski definition) is 3. The van der Waals surface area contributed by atoms with Gasteiger partial charge in [0.1, 0.15) is 0 Å². The molecule has 0 amide bonds. The van der Waals surface area contributed by atoms with Crippen LogP contribution in [0, 0.1) is 0 Å². The Morgan fingerprint density at radius 1 is 1.06 bits per heavy atom. The largest absolute Gasteiger partial charge is 0.490 e. The third-order valence-electron chi connectivity index (χ3n) is 2.43. The van der Waals surface area contributed by atoms with E-state index in [0.717, 1.165) is 36.6 Å². The first-order chi connectivity index (χ1) is 8.40. The Morgan fingerprint density at radius 3 is 2.41 bits per heavy atom. The van der Waals surface area contributed by atoms with Crippen LogP contribution in [0.25, 0.3) is 11.4 Å². The normalized spacial score (nSPS) is 10.2. The summed E-state index contributed by atoms with van der Waals surface area (Å²) >= 11 is 0. The van der Waals surface area contributed by atoms with Crippen LogP contribution in [0.4, 0.5) is 0 Å². The highest BCUT2D eigenvalue weighted by Gasteiger charge is 2.00. The van der Waals surface area contributed by atoms with Gasteiger partial charge in [0.2, 0.25) is 0 Å². The van der Waals surface area contributed by atoms with Gasteiger partial charge in [-0.05, 0) is 6.42 Å². The van der Waals surface area contributed by atoms with Crippen molar-refractivity contribution in [3.8, 4) is 17.1 Å². The Labute approximate surface area is 102 Å². The maximum Gasteiger partial charge on any atom is 0.159 e. The van der Waals surface area contributed by atoms with Gasteiger partial charge in [-0.3, -0.25) is 0 Å². The minimum atomic E-state index is 0.727. The van der Waals surface area contributed by atoms with E-state index in [1.165, 1.54) is 0 Å². The SMILES string of the molecule is CCCCOc1cnc(-c2ccccc2)nc1. The fourth-order valence-electron chi connectivity index (χ4n) is 1.46. The molecule has 1 aromatic heterocycles. The van der Waals surface area contributed by atoms with Crippen molar-refractivity contribution in [3.05, 3.63) is 42.7 Å². The Kier molecular flexibility index (Phi) is 4.08. The molecule has 0 bridgehead atoms. The van der Waals surface area contributed by atoms with E-state index in [1.807, 2.05) is 30.3 Å². The Hall–Kier alpha value is -1.90. The summed E-state index contributed by atoms with van der Waals surface area (Å²) in [4.78, 5) is 8.58. The zero-order valence-electron chi connectivity index (χ0n) is 9.97. The summed E-state index contributed by atoms with van der Waals surface area (Å²) in [7, 11) is 0.